The summed E-state index contributed by atoms with van der Waals surface area (Å²) in [5, 5.41) is 6.75. The Morgan fingerprint density at radius 2 is 1.67 bits per heavy atom. The topological polar surface area (TPSA) is 54.5 Å². The predicted octanol–water partition coefficient (Wildman–Crippen LogP) is 3.55. The molecule has 21 heavy (non-hydrogen) atoms. The molecule has 0 unspecified atom stereocenters. The first-order chi connectivity index (χ1) is 10.0. The highest BCUT2D eigenvalue weighted by atomic mass is 19.4. The Balaban J connectivity index is 1.90. The molecule has 4 nitrogen and oxygen atoms in total. The first-order valence-electron chi connectivity index (χ1n) is 6.05. The van der Waals surface area contributed by atoms with E-state index in [1.807, 2.05) is 30.3 Å². The number of aromatic nitrogens is 4. The van der Waals surface area contributed by atoms with Crippen LogP contribution < -0.4 is 0 Å². The quantitative estimate of drug-likeness (QED) is 0.785. The number of hydrogen-bond donors (Lipinski definition) is 1. The third kappa shape index (κ3) is 2.76. The maximum Gasteiger partial charge on any atom is 0.433 e. The summed E-state index contributed by atoms with van der Waals surface area (Å²) in [5.74, 6) is 0.848. The molecular weight excluding hydrogens is 281 g/mol. The number of rotatable bonds is 2. The van der Waals surface area contributed by atoms with Crippen molar-refractivity contribution in [3.05, 3.63) is 54.4 Å². The molecule has 7 heteroatoms. The minimum absolute atomic E-state index is 0.301. The molecule has 2 heterocycles. The van der Waals surface area contributed by atoms with Crippen LogP contribution in [0.25, 0.3) is 22.8 Å². The Kier molecular flexibility index (Phi) is 3.17. The van der Waals surface area contributed by atoms with Crippen molar-refractivity contribution in [1.82, 2.24) is 20.2 Å². The number of pyridine rings is 1. The molecule has 1 N–H and O–H groups in total. The highest BCUT2D eigenvalue weighted by Gasteiger charge is 2.32. The van der Waals surface area contributed by atoms with Crippen LogP contribution >= 0.6 is 0 Å². The van der Waals surface area contributed by atoms with Gasteiger partial charge in [-0.3, -0.25) is 10.1 Å². The van der Waals surface area contributed by atoms with E-state index in [1.165, 1.54) is 6.07 Å². The Hall–Kier alpha value is -2.70. The van der Waals surface area contributed by atoms with Crippen molar-refractivity contribution in [2.75, 3.05) is 0 Å². The number of halogens is 3. The maximum absolute atomic E-state index is 12.4. The third-order valence-electron chi connectivity index (χ3n) is 2.84. The fraction of sp³-hybridized carbons (Fsp3) is 0.0714. The fourth-order valence-corrected chi connectivity index (χ4v) is 1.81. The standard InChI is InChI=1S/C14H9F3N4/c15-14(16,17)11-7-6-10(8-18-11)13-19-12(20-21-13)9-4-2-1-3-5-9/h1-8H,(H,19,20,21). The van der Waals surface area contributed by atoms with E-state index >= 15 is 0 Å². The second kappa shape index (κ2) is 5.01. The summed E-state index contributed by atoms with van der Waals surface area (Å²) in [4.78, 5) is 7.64. The lowest BCUT2D eigenvalue weighted by molar-refractivity contribution is -0.141. The number of nitrogens with one attached hydrogen (secondary N) is 1. The van der Waals surface area contributed by atoms with Crippen LogP contribution in [0, 0.1) is 0 Å². The molecule has 0 bridgehead atoms. The van der Waals surface area contributed by atoms with Crippen LogP contribution in [0.4, 0.5) is 13.2 Å². The molecular formula is C14H9F3N4. The molecule has 0 aliphatic heterocycles. The van der Waals surface area contributed by atoms with Crippen LogP contribution in [0.1, 0.15) is 5.69 Å². The average Bonchev–Trinajstić information content (AvgIpc) is 2.97. The van der Waals surface area contributed by atoms with Crippen LogP contribution in [0.3, 0.4) is 0 Å². The molecule has 0 radical (unpaired) electrons. The molecule has 3 aromatic rings. The number of benzene rings is 1. The smallest absolute Gasteiger partial charge is 0.259 e. The fourth-order valence-electron chi connectivity index (χ4n) is 1.81. The van der Waals surface area contributed by atoms with Gasteiger partial charge >= 0.3 is 6.18 Å². The minimum atomic E-state index is -4.45. The summed E-state index contributed by atoms with van der Waals surface area (Å²) in [6.07, 6.45) is -3.34. The van der Waals surface area contributed by atoms with E-state index in [4.69, 9.17) is 0 Å². The highest BCUT2D eigenvalue weighted by Crippen LogP contribution is 2.28. The van der Waals surface area contributed by atoms with Gasteiger partial charge in [-0.1, -0.05) is 30.3 Å². The van der Waals surface area contributed by atoms with E-state index < -0.39 is 11.9 Å². The van der Waals surface area contributed by atoms with Gasteiger partial charge in [0, 0.05) is 17.3 Å². The Morgan fingerprint density at radius 3 is 2.29 bits per heavy atom. The summed E-state index contributed by atoms with van der Waals surface area (Å²) in [6.45, 7) is 0. The minimum Gasteiger partial charge on any atom is -0.259 e. The molecule has 2 aromatic heterocycles. The summed E-state index contributed by atoms with van der Waals surface area (Å²) >= 11 is 0. The summed E-state index contributed by atoms with van der Waals surface area (Å²) in [7, 11) is 0. The number of aromatic amines is 1. The Morgan fingerprint density at radius 1 is 0.905 bits per heavy atom. The van der Waals surface area contributed by atoms with Crippen molar-refractivity contribution >= 4 is 0 Å². The maximum atomic E-state index is 12.4. The first kappa shape index (κ1) is 13.3. The van der Waals surface area contributed by atoms with Crippen molar-refractivity contribution < 1.29 is 13.2 Å². The van der Waals surface area contributed by atoms with Gasteiger partial charge in [-0.25, -0.2) is 4.98 Å². The molecule has 0 atom stereocenters. The van der Waals surface area contributed by atoms with Crippen LogP contribution in [-0.2, 0) is 6.18 Å². The van der Waals surface area contributed by atoms with E-state index in [-0.39, 0.29) is 0 Å². The zero-order chi connectivity index (χ0) is 14.9. The van der Waals surface area contributed by atoms with Crippen molar-refractivity contribution in [2.45, 2.75) is 6.18 Å². The van der Waals surface area contributed by atoms with Gasteiger partial charge in [0.25, 0.3) is 0 Å². The Bertz CT molecular complexity index is 733. The molecule has 0 aliphatic carbocycles. The monoisotopic (exact) mass is 290 g/mol. The largest absolute Gasteiger partial charge is 0.433 e. The molecule has 0 aliphatic rings. The first-order valence-corrected chi connectivity index (χ1v) is 6.05. The Labute approximate surface area is 117 Å². The number of H-pyrrole nitrogens is 1. The van der Waals surface area contributed by atoms with E-state index in [0.29, 0.717) is 17.2 Å². The van der Waals surface area contributed by atoms with Gasteiger partial charge in [-0.15, -0.1) is 0 Å². The second-order valence-electron chi connectivity index (χ2n) is 4.30. The lowest BCUT2D eigenvalue weighted by Gasteiger charge is -2.04. The van der Waals surface area contributed by atoms with E-state index in [1.54, 1.807) is 0 Å². The molecule has 1 aromatic carbocycles. The van der Waals surface area contributed by atoms with Crippen LogP contribution in [0.2, 0.25) is 0 Å². The van der Waals surface area contributed by atoms with Gasteiger partial charge in [0.1, 0.15) is 5.69 Å². The van der Waals surface area contributed by atoms with Crippen molar-refractivity contribution in [3.63, 3.8) is 0 Å². The van der Waals surface area contributed by atoms with E-state index in [0.717, 1.165) is 17.8 Å². The van der Waals surface area contributed by atoms with Crippen molar-refractivity contribution in [3.8, 4) is 22.8 Å². The normalized spacial score (nSPS) is 11.6. The van der Waals surface area contributed by atoms with Gasteiger partial charge in [0.15, 0.2) is 11.6 Å². The van der Waals surface area contributed by atoms with Gasteiger partial charge in [0.05, 0.1) is 0 Å². The summed E-state index contributed by atoms with van der Waals surface area (Å²) in [6, 6.07) is 11.5. The number of nitrogens with zero attached hydrogens (tertiary/aromatic N) is 3. The summed E-state index contributed by atoms with van der Waals surface area (Å²) in [5.41, 5.74) is 0.322. The SMILES string of the molecule is FC(F)(F)c1ccc(-c2n[nH]c(-c3ccccc3)n2)cn1. The third-order valence-corrected chi connectivity index (χ3v) is 2.84. The predicted molar refractivity (Wildman–Crippen MR) is 70.1 cm³/mol. The number of hydrogen-bond acceptors (Lipinski definition) is 3. The van der Waals surface area contributed by atoms with Crippen molar-refractivity contribution in [1.29, 1.82) is 0 Å². The molecule has 0 spiro atoms. The lowest BCUT2D eigenvalue weighted by Crippen LogP contribution is -2.07. The molecule has 0 saturated heterocycles. The molecule has 3 rings (SSSR count). The van der Waals surface area contributed by atoms with Gasteiger partial charge in [0.2, 0.25) is 0 Å². The second-order valence-corrected chi connectivity index (χ2v) is 4.30. The molecule has 0 amide bonds. The van der Waals surface area contributed by atoms with Gasteiger partial charge in [-0.2, -0.15) is 18.3 Å². The van der Waals surface area contributed by atoms with Gasteiger partial charge in [-0.05, 0) is 12.1 Å². The zero-order valence-corrected chi connectivity index (χ0v) is 10.6. The number of alkyl halides is 3. The van der Waals surface area contributed by atoms with Gasteiger partial charge < -0.3 is 0 Å². The molecule has 0 saturated carbocycles. The average molecular weight is 290 g/mol. The van der Waals surface area contributed by atoms with E-state index in [9.17, 15) is 13.2 Å². The van der Waals surface area contributed by atoms with Crippen LogP contribution in [0.15, 0.2) is 48.7 Å². The van der Waals surface area contributed by atoms with Crippen LogP contribution in [-0.4, -0.2) is 20.2 Å². The van der Waals surface area contributed by atoms with Crippen LogP contribution in [0.5, 0.6) is 0 Å². The lowest BCUT2D eigenvalue weighted by atomic mass is 10.2. The molecule has 0 fully saturated rings. The molecule has 106 valence electrons. The van der Waals surface area contributed by atoms with E-state index in [2.05, 4.69) is 20.2 Å². The highest BCUT2D eigenvalue weighted by molar-refractivity contribution is 5.60. The van der Waals surface area contributed by atoms with Crippen molar-refractivity contribution in [2.24, 2.45) is 0 Å². The zero-order valence-electron chi connectivity index (χ0n) is 10.6. The summed E-state index contributed by atoms with van der Waals surface area (Å²) < 4.78 is 37.3.